The second-order valence-electron chi connectivity index (χ2n) is 7.38. The highest BCUT2D eigenvalue weighted by molar-refractivity contribution is 5.80. The van der Waals surface area contributed by atoms with Crippen LogP contribution in [0.2, 0.25) is 0 Å². The third kappa shape index (κ3) is 6.04. The summed E-state index contributed by atoms with van der Waals surface area (Å²) in [6.07, 6.45) is 1.02. The van der Waals surface area contributed by atoms with Crippen molar-refractivity contribution in [2.75, 3.05) is 41.0 Å². The fourth-order valence-electron chi connectivity index (χ4n) is 3.70. The second-order valence-corrected chi connectivity index (χ2v) is 7.38. The molecule has 8 nitrogen and oxygen atoms in total. The van der Waals surface area contributed by atoms with E-state index in [0.29, 0.717) is 18.2 Å². The molecule has 1 unspecified atom stereocenters. The van der Waals surface area contributed by atoms with Crippen LogP contribution in [0.5, 0.6) is 17.2 Å². The standard InChI is InChI=1S/C23H30N4O4/c1-25-23(26-13-16-5-4-6-19(9-16)31-15-22(24)28)27-8-7-17(14-27)18-10-20(29-2)12-21(11-18)30-3/h4-6,9-12,17H,7-8,13-15H2,1-3H3,(H2,24,28)(H,25,26). The minimum Gasteiger partial charge on any atom is -0.497 e. The van der Waals surface area contributed by atoms with Crippen LogP contribution in [0.4, 0.5) is 0 Å². The van der Waals surface area contributed by atoms with Gasteiger partial charge in [-0.15, -0.1) is 0 Å². The van der Waals surface area contributed by atoms with Gasteiger partial charge < -0.3 is 30.2 Å². The number of carbonyl (C=O) groups excluding carboxylic acids is 1. The number of nitrogens with zero attached hydrogens (tertiary/aromatic N) is 2. The van der Waals surface area contributed by atoms with Crippen molar-refractivity contribution in [3.8, 4) is 17.2 Å². The number of nitrogens with one attached hydrogen (secondary N) is 1. The van der Waals surface area contributed by atoms with Crippen molar-refractivity contribution in [2.45, 2.75) is 18.9 Å². The summed E-state index contributed by atoms with van der Waals surface area (Å²) < 4.78 is 16.2. The summed E-state index contributed by atoms with van der Waals surface area (Å²) in [4.78, 5) is 17.6. The molecule has 0 bridgehead atoms. The highest BCUT2D eigenvalue weighted by Gasteiger charge is 2.27. The lowest BCUT2D eigenvalue weighted by Gasteiger charge is -2.22. The number of ether oxygens (including phenoxy) is 3. The highest BCUT2D eigenvalue weighted by Crippen LogP contribution is 2.32. The maximum Gasteiger partial charge on any atom is 0.255 e. The molecule has 31 heavy (non-hydrogen) atoms. The number of likely N-dealkylation sites (tertiary alicyclic amines) is 1. The van der Waals surface area contributed by atoms with E-state index in [1.807, 2.05) is 24.3 Å². The minimum absolute atomic E-state index is 0.136. The van der Waals surface area contributed by atoms with Crippen LogP contribution in [0.25, 0.3) is 0 Å². The lowest BCUT2D eigenvalue weighted by atomic mass is 9.98. The Kier molecular flexibility index (Phi) is 7.59. The molecule has 1 saturated heterocycles. The van der Waals surface area contributed by atoms with Crippen LogP contribution in [0.15, 0.2) is 47.5 Å². The summed E-state index contributed by atoms with van der Waals surface area (Å²) in [6, 6.07) is 13.6. The van der Waals surface area contributed by atoms with Crippen molar-refractivity contribution in [3.05, 3.63) is 53.6 Å². The Bertz CT molecular complexity index is 909. The molecule has 0 saturated carbocycles. The van der Waals surface area contributed by atoms with Gasteiger partial charge in [0.05, 0.1) is 14.2 Å². The Hall–Kier alpha value is -3.42. The van der Waals surface area contributed by atoms with E-state index in [1.54, 1.807) is 27.3 Å². The quantitative estimate of drug-likeness (QED) is 0.496. The Balaban J connectivity index is 1.60. The van der Waals surface area contributed by atoms with E-state index in [9.17, 15) is 4.79 Å². The van der Waals surface area contributed by atoms with E-state index >= 15 is 0 Å². The number of rotatable bonds is 8. The SMILES string of the molecule is CN=C(NCc1cccc(OCC(N)=O)c1)N1CCC(c2cc(OC)cc(OC)c2)C1. The van der Waals surface area contributed by atoms with Gasteiger partial charge in [0, 0.05) is 38.7 Å². The Morgan fingerprint density at radius 1 is 1.16 bits per heavy atom. The summed E-state index contributed by atoms with van der Waals surface area (Å²) in [7, 11) is 5.12. The third-order valence-corrected chi connectivity index (χ3v) is 5.27. The summed E-state index contributed by atoms with van der Waals surface area (Å²) in [5.41, 5.74) is 7.37. The predicted octanol–water partition coefficient (Wildman–Crippen LogP) is 2.13. The number of guanidine groups is 1. The fraction of sp³-hybridized carbons (Fsp3) is 0.391. The first kappa shape index (κ1) is 22.3. The topological polar surface area (TPSA) is 98.4 Å². The number of aliphatic imine (C=N–C) groups is 1. The number of carbonyl (C=O) groups is 1. The Morgan fingerprint density at radius 2 is 1.90 bits per heavy atom. The zero-order valence-corrected chi connectivity index (χ0v) is 18.3. The average molecular weight is 427 g/mol. The lowest BCUT2D eigenvalue weighted by Crippen LogP contribution is -2.39. The van der Waals surface area contributed by atoms with E-state index in [1.165, 1.54) is 5.56 Å². The fourth-order valence-corrected chi connectivity index (χ4v) is 3.70. The van der Waals surface area contributed by atoms with Crippen molar-refractivity contribution in [1.29, 1.82) is 0 Å². The van der Waals surface area contributed by atoms with Crippen LogP contribution < -0.4 is 25.3 Å². The molecule has 1 aliphatic heterocycles. The van der Waals surface area contributed by atoms with E-state index in [4.69, 9.17) is 19.9 Å². The van der Waals surface area contributed by atoms with E-state index < -0.39 is 5.91 Å². The van der Waals surface area contributed by atoms with Gasteiger partial charge in [-0.1, -0.05) is 12.1 Å². The van der Waals surface area contributed by atoms with Gasteiger partial charge in [0.15, 0.2) is 12.6 Å². The molecule has 1 atom stereocenters. The smallest absolute Gasteiger partial charge is 0.255 e. The van der Waals surface area contributed by atoms with Gasteiger partial charge in [0.25, 0.3) is 5.91 Å². The summed E-state index contributed by atoms with van der Waals surface area (Å²) >= 11 is 0. The normalized spacial score (nSPS) is 16.2. The lowest BCUT2D eigenvalue weighted by molar-refractivity contribution is -0.119. The molecule has 0 aliphatic carbocycles. The monoisotopic (exact) mass is 426 g/mol. The van der Waals surface area contributed by atoms with Crippen LogP contribution in [0, 0.1) is 0 Å². The van der Waals surface area contributed by atoms with Gasteiger partial charge in [0.2, 0.25) is 0 Å². The number of hydrogen-bond acceptors (Lipinski definition) is 5. The van der Waals surface area contributed by atoms with Crippen molar-refractivity contribution in [1.82, 2.24) is 10.2 Å². The van der Waals surface area contributed by atoms with Gasteiger partial charge in [-0.2, -0.15) is 0 Å². The molecule has 0 aromatic heterocycles. The number of benzene rings is 2. The molecule has 1 fully saturated rings. The number of nitrogens with two attached hydrogens (primary N) is 1. The van der Waals surface area contributed by atoms with Crippen LogP contribution in [0.1, 0.15) is 23.5 Å². The van der Waals surface area contributed by atoms with Crippen molar-refractivity contribution < 1.29 is 19.0 Å². The molecule has 3 N–H and O–H groups in total. The highest BCUT2D eigenvalue weighted by atomic mass is 16.5. The van der Waals surface area contributed by atoms with Crippen LogP contribution >= 0.6 is 0 Å². The predicted molar refractivity (Wildman–Crippen MR) is 120 cm³/mol. The number of amides is 1. The Labute approximate surface area is 183 Å². The van der Waals surface area contributed by atoms with Gasteiger partial charge >= 0.3 is 0 Å². The van der Waals surface area contributed by atoms with E-state index in [0.717, 1.165) is 42.5 Å². The van der Waals surface area contributed by atoms with E-state index in [2.05, 4.69) is 27.3 Å². The zero-order valence-electron chi connectivity index (χ0n) is 18.3. The Morgan fingerprint density at radius 3 is 2.55 bits per heavy atom. The van der Waals surface area contributed by atoms with Gasteiger partial charge in [0.1, 0.15) is 17.2 Å². The molecule has 3 rings (SSSR count). The molecular formula is C23H30N4O4. The third-order valence-electron chi connectivity index (χ3n) is 5.27. The summed E-state index contributed by atoms with van der Waals surface area (Å²) in [5, 5.41) is 3.42. The van der Waals surface area contributed by atoms with Crippen LogP contribution in [-0.4, -0.2) is 57.7 Å². The molecule has 2 aromatic rings. The first-order valence-electron chi connectivity index (χ1n) is 10.2. The molecule has 1 amide bonds. The molecule has 0 radical (unpaired) electrons. The molecule has 166 valence electrons. The first-order valence-corrected chi connectivity index (χ1v) is 10.2. The summed E-state index contributed by atoms with van der Waals surface area (Å²) in [6.45, 7) is 2.22. The first-order chi connectivity index (χ1) is 15.0. The zero-order chi connectivity index (χ0) is 22.2. The van der Waals surface area contributed by atoms with Gasteiger partial charge in [-0.25, -0.2) is 0 Å². The van der Waals surface area contributed by atoms with Crippen molar-refractivity contribution in [3.63, 3.8) is 0 Å². The maximum absolute atomic E-state index is 10.9. The average Bonchev–Trinajstić information content (AvgIpc) is 3.28. The number of methoxy groups -OCH3 is 2. The van der Waals surface area contributed by atoms with Crippen LogP contribution in [0.3, 0.4) is 0 Å². The molecule has 0 spiro atoms. The molecular weight excluding hydrogens is 396 g/mol. The summed E-state index contributed by atoms with van der Waals surface area (Å²) in [5.74, 6) is 2.93. The second kappa shape index (κ2) is 10.6. The molecule has 2 aromatic carbocycles. The molecule has 1 heterocycles. The van der Waals surface area contributed by atoms with Crippen LogP contribution in [-0.2, 0) is 11.3 Å². The minimum atomic E-state index is -0.499. The largest absolute Gasteiger partial charge is 0.497 e. The molecule has 1 aliphatic rings. The maximum atomic E-state index is 10.9. The van der Waals surface area contributed by atoms with Crippen molar-refractivity contribution >= 4 is 11.9 Å². The van der Waals surface area contributed by atoms with Gasteiger partial charge in [-0.05, 0) is 41.8 Å². The van der Waals surface area contributed by atoms with E-state index in [-0.39, 0.29) is 6.61 Å². The van der Waals surface area contributed by atoms with Gasteiger partial charge in [-0.3, -0.25) is 9.79 Å². The number of primary amides is 1. The molecule has 8 heteroatoms. The van der Waals surface area contributed by atoms with Crippen molar-refractivity contribution in [2.24, 2.45) is 10.7 Å². The number of hydrogen-bond donors (Lipinski definition) is 2.